The number of rotatable bonds is 3. The van der Waals surface area contributed by atoms with Crippen molar-refractivity contribution in [3.8, 4) is 5.75 Å². The van der Waals surface area contributed by atoms with E-state index in [9.17, 15) is 4.21 Å². The van der Waals surface area contributed by atoms with E-state index < -0.39 is 11.0 Å². The zero-order valence-electron chi connectivity index (χ0n) is 9.80. The second-order valence-corrected chi connectivity index (χ2v) is 6.45. The second-order valence-electron chi connectivity index (χ2n) is 4.52. The van der Waals surface area contributed by atoms with Crippen molar-refractivity contribution in [3.63, 3.8) is 0 Å². The highest BCUT2D eigenvalue weighted by Gasteiger charge is 2.17. The lowest BCUT2D eigenvalue weighted by Crippen LogP contribution is -2.19. The first-order valence-corrected chi connectivity index (χ1v) is 6.23. The molecule has 4 heteroatoms. The van der Waals surface area contributed by atoms with Gasteiger partial charge in [0.05, 0.1) is 4.75 Å². The smallest absolute Gasteiger partial charge is 0.144 e. The van der Waals surface area contributed by atoms with Crippen LogP contribution in [0.15, 0.2) is 28.7 Å². The van der Waals surface area contributed by atoms with E-state index in [2.05, 4.69) is 4.40 Å². The molecule has 0 bridgehead atoms. The molecule has 0 fully saturated rings. The van der Waals surface area contributed by atoms with Crippen LogP contribution in [0.3, 0.4) is 0 Å². The van der Waals surface area contributed by atoms with Crippen LogP contribution < -0.4 is 0 Å². The van der Waals surface area contributed by atoms with Crippen molar-refractivity contribution in [1.82, 2.24) is 0 Å². The third kappa shape index (κ3) is 4.14. The molecule has 0 saturated carbocycles. The SMILES string of the molecule is CC(C)(C)S(=O)/N=C/Cc1ccc(O)cc1. The Balaban J connectivity index is 2.55. The molecule has 1 aromatic rings. The van der Waals surface area contributed by atoms with E-state index in [1.165, 1.54) is 0 Å². The lowest BCUT2D eigenvalue weighted by Gasteiger charge is -2.12. The van der Waals surface area contributed by atoms with E-state index in [4.69, 9.17) is 5.11 Å². The van der Waals surface area contributed by atoms with Gasteiger partial charge in [-0.25, -0.2) is 4.21 Å². The standard InChI is InChI=1S/C12H17NO2S/c1-12(2,3)16(15)13-9-8-10-4-6-11(14)7-5-10/h4-7,9,14H,8H2,1-3H3/b13-9+. The first-order valence-electron chi connectivity index (χ1n) is 5.12. The van der Waals surface area contributed by atoms with Gasteiger partial charge in [0.25, 0.3) is 0 Å². The van der Waals surface area contributed by atoms with Crippen molar-refractivity contribution in [2.45, 2.75) is 31.9 Å². The summed E-state index contributed by atoms with van der Waals surface area (Å²) in [6, 6.07) is 6.90. The van der Waals surface area contributed by atoms with Gasteiger partial charge in [0.2, 0.25) is 0 Å². The Kier molecular flexibility index (Phi) is 4.24. The second kappa shape index (κ2) is 5.25. The van der Waals surface area contributed by atoms with E-state index in [1.807, 2.05) is 32.9 Å². The number of benzene rings is 1. The maximum absolute atomic E-state index is 11.6. The summed E-state index contributed by atoms with van der Waals surface area (Å²) in [5.41, 5.74) is 1.03. The Morgan fingerprint density at radius 1 is 1.31 bits per heavy atom. The lowest BCUT2D eigenvalue weighted by atomic mass is 10.2. The summed E-state index contributed by atoms with van der Waals surface area (Å²) in [5.74, 6) is 0.249. The molecule has 1 rings (SSSR count). The van der Waals surface area contributed by atoms with Gasteiger partial charge < -0.3 is 5.11 Å². The van der Waals surface area contributed by atoms with Crippen molar-refractivity contribution in [3.05, 3.63) is 29.8 Å². The fraction of sp³-hybridized carbons (Fsp3) is 0.417. The summed E-state index contributed by atoms with van der Waals surface area (Å²) in [4.78, 5) is 0. The number of aromatic hydroxyl groups is 1. The highest BCUT2D eigenvalue weighted by Crippen LogP contribution is 2.12. The molecule has 88 valence electrons. The lowest BCUT2D eigenvalue weighted by molar-refractivity contribution is 0.475. The summed E-state index contributed by atoms with van der Waals surface area (Å²) in [5, 5.41) is 9.09. The van der Waals surface area contributed by atoms with Gasteiger partial charge in [-0.3, -0.25) is 0 Å². The minimum atomic E-state index is -1.20. The number of hydrogen-bond donors (Lipinski definition) is 1. The van der Waals surface area contributed by atoms with Crippen molar-refractivity contribution >= 4 is 17.2 Å². The highest BCUT2D eigenvalue weighted by atomic mass is 32.2. The van der Waals surface area contributed by atoms with Gasteiger partial charge in [-0.05, 0) is 38.5 Å². The van der Waals surface area contributed by atoms with E-state index in [-0.39, 0.29) is 10.5 Å². The van der Waals surface area contributed by atoms with Crippen molar-refractivity contribution in [2.24, 2.45) is 4.40 Å². The maximum atomic E-state index is 11.6. The molecule has 0 aromatic heterocycles. The van der Waals surface area contributed by atoms with Crippen molar-refractivity contribution in [2.75, 3.05) is 0 Å². The zero-order valence-corrected chi connectivity index (χ0v) is 10.6. The maximum Gasteiger partial charge on any atom is 0.144 e. The third-order valence-corrected chi connectivity index (χ3v) is 3.35. The largest absolute Gasteiger partial charge is 0.508 e. The van der Waals surface area contributed by atoms with Crippen LogP contribution in [0, 0.1) is 0 Å². The number of phenolic OH excluding ortho intramolecular Hbond substituents is 1. The van der Waals surface area contributed by atoms with E-state index in [0.717, 1.165) is 5.56 Å². The Bertz CT molecular complexity index is 390. The van der Waals surface area contributed by atoms with Gasteiger partial charge in [-0.15, -0.1) is 0 Å². The van der Waals surface area contributed by atoms with Gasteiger partial charge >= 0.3 is 0 Å². The van der Waals surface area contributed by atoms with Gasteiger partial charge in [0.15, 0.2) is 0 Å². The fourth-order valence-corrected chi connectivity index (χ4v) is 1.53. The van der Waals surface area contributed by atoms with Crippen molar-refractivity contribution in [1.29, 1.82) is 0 Å². The number of nitrogens with zero attached hydrogens (tertiary/aromatic N) is 1. The molecule has 1 unspecified atom stereocenters. The monoisotopic (exact) mass is 239 g/mol. The van der Waals surface area contributed by atoms with Crippen LogP contribution in [-0.2, 0) is 17.4 Å². The van der Waals surface area contributed by atoms with Crippen LogP contribution in [0.4, 0.5) is 0 Å². The Morgan fingerprint density at radius 2 is 1.88 bits per heavy atom. The normalized spacial score (nSPS) is 14.2. The first-order chi connectivity index (χ1) is 7.39. The molecule has 0 aliphatic rings. The van der Waals surface area contributed by atoms with E-state index >= 15 is 0 Å². The predicted octanol–water partition coefficient (Wildman–Crippen LogP) is 2.47. The van der Waals surface area contributed by atoms with Crippen LogP contribution in [-0.4, -0.2) is 20.3 Å². The first kappa shape index (κ1) is 12.9. The van der Waals surface area contributed by atoms with Gasteiger partial charge in [0, 0.05) is 12.6 Å². The topological polar surface area (TPSA) is 49.7 Å². The molecule has 1 N–H and O–H groups in total. The number of hydrogen-bond acceptors (Lipinski definition) is 2. The zero-order chi connectivity index (χ0) is 12.2. The molecule has 0 aliphatic heterocycles. The Labute approximate surface area is 98.8 Å². The molecule has 0 heterocycles. The molecule has 0 saturated heterocycles. The number of phenols is 1. The average molecular weight is 239 g/mol. The minimum absolute atomic E-state index is 0.249. The molecule has 16 heavy (non-hydrogen) atoms. The molecule has 0 radical (unpaired) electrons. The molecule has 0 amide bonds. The minimum Gasteiger partial charge on any atom is -0.508 e. The Morgan fingerprint density at radius 3 is 2.38 bits per heavy atom. The van der Waals surface area contributed by atoms with Gasteiger partial charge in [-0.2, -0.15) is 4.40 Å². The molecular weight excluding hydrogens is 222 g/mol. The van der Waals surface area contributed by atoms with Crippen LogP contribution in [0.25, 0.3) is 0 Å². The van der Waals surface area contributed by atoms with Crippen LogP contribution in [0.2, 0.25) is 0 Å². The van der Waals surface area contributed by atoms with Gasteiger partial charge in [0.1, 0.15) is 16.7 Å². The van der Waals surface area contributed by atoms with Crippen molar-refractivity contribution < 1.29 is 9.32 Å². The molecular formula is C12H17NO2S. The molecule has 0 aliphatic carbocycles. The van der Waals surface area contributed by atoms with Crippen LogP contribution in [0.5, 0.6) is 5.75 Å². The molecule has 1 aromatic carbocycles. The summed E-state index contributed by atoms with van der Waals surface area (Å²) >= 11 is 0. The molecule has 3 nitrogen and oxygen atoms in total. The molecule has 1 atom stereocenters. The Hall–Kier alpha value is -1.16. The highest BCUT2D eigenvalue weighted by molar-refractivity contribution is 7.85. The quantitative estimate of drug-likeness (QED) is 0.824. The summed E-state index contributed by atoms with van der Waals surface area (Å²) < 4.78 is 15.3. The predicted molar refractivity (Wildman–Crippen MR) is 68.2 cm³/mol. The third-order valence-electron chi connectivity index (χ3n) is 1.96. The van der Waals surface area contributed by atoms with E-state index in [1.54, 1.807) is 18.3 Å². The van der Waals surface area contributed by atoms with E-state index in [0.29, 0.717) is 6.42 Å². The fourth-order valence-electron chi connectivity index (χ4n) is 1.00. The van der Waals surface area contributed by atoms with Crippen LogP contribution in [0.1, 0.15) is 26.3 Å². The van der Waals surface area contributed by atoms with Crippen LogP contribution >= 0.6 is 0 Å². The summed E-state index contributed by atoms with van der Waals surface area (Å²) in [6.45, 7) is 5.67. The van der Waals surface area contributed by atoms with Gasteiger partial charge in [-0.1, -0.05) is 12.1 Å². The summed E-state index contributed by atoms with van der Waals surface area (Å²) in [7, 11) is -1.20. The molecule has 0 spiro atoms. The summed E-state index contributed by atoms with van der Waals surface area (Å²) in [6.07, 6.45) is 2.29. The average Bonchev–Trinajstić information content (AvgIpc) is 2.19.